The standard InChI is InChI=1S/C15H12FN3O/c1-20-12-8-6-11(7-9-12)10-15(16)19-14-5-3-2-4-13(14)17-18-19/h2-10H,1H3/b15-10+. The van der Waals surface area contributed by atoms with Crippen molar-refractivity contribution in [2.45, 2.75) is 0 Å². The van der Waals surface area contributed by atoms with Crippen molar-refractivity contribution in [2.24, 2.45) is 0 Å². The molecule has 0 atom stereocenters. The molecule has 0 saturated heterocycles. The molecule has 0 fully saturated rings. The van der Waals surface area contributed by atoms with E-state index in [2.05, 4.69) is 10.3 Å². The van der Waals surface area contributed by atoms with E-state index in [0.29, 0.717) is 11.0 Å². The SMILES string of the molecule is COc1ccc(/C=C(\F)n2nnc3ccccc32)cc1. The predicted octanol–water partition coefficient (Wildman–Crippen LogP) is 3.37. The van der Waals surface area contributed by atoms with E-state index < -0.39 is 5.95 Å². The minimum Gasteiger partial charge on any atom is -0.497 e. The van der Waals surface area contributed by atoms with Crippen molar-refractivity contribution >= 4 is 23.1 Å². The summed E-state index contributed by atoms with van der Waals surface area (Å²) in [6.07, 6.45) is 1.40. The Kier molecular flexibility index (Phi) is 3.16. The lowest BCUT2D eigenvalue weighted by atomic mass is 10.2. The average Bonchev–Trinajstić information content (AvgIpc) is 2.92. The highest BCUT2D eigenvalue weighted by Crippen LogP contribution is 2.19. The second-order valence-electron chi connectivity index (χ2n) is 4.23. The Labute approximate surface area is 115 Å². The van der Waals surface area contributed by atoms with Crippen LogP contribution in [-0.2, 0) is 0 Å². The second-order valence-corrected chi connectivity index (χ2v) is 4.23. The number of benzene rings is 2. The highest BCUT2D eigenvalue weighted by atomic mass is 19.1. The number of ether oxygens (including phenoxy) is 1. The van der Waals surface area contributed by atoms with E-state index in [9.17, 15) is 4.39 Å². The quantitative estimate of drug-likeness (QED) is 0.732. The lowest BCUT2D eigenvalue weighted by Crippen LogP contribution is -1.94. The number of fused-ring (bicyclic) bond motifs is 1. The van der Waals surface area contributed by atoms with Crippen molar-refractivity contribution in [3.8, 4) is 5.75 Å². The second kappa shape index (κ2) is 5.13. The molecule has 3 aromatic rings. The average molecular weight is 269 g/mol. The zero-order valence-corrected chi connectivity index (χ0v) is 10.8. The molecule has 2 aromatic carbocycles. The number of hydrogen-bond acceptors (Lipinski definition) is 3. The summed E-state index contributed by atoms with van der Waals surface area (Å²) >= 11 is 0. The molecule has 0 saturated carbocycles. The summed E-state index contributed by atoms with van der Waals surface area (Å²) in [6, 6.07) is 14.3. The van der Waals surface area contributed by atoms with Crippen LogP contribution in [0.5, 0.6) is 5.75 Å². The fraction of sp³-hybridized carbons (Fsp3) is 0.0667. The largest absolute Gasteiger partial charge is 0.497 e. The fourth-order valence-corrected chi connectivity index (χ4v) is 1.93. The Balaban J connectivity index is 1.98. The monoisotopic (exact) mass is 269 g/mol. The number of para-hydroxylation sites is 1. The fourth-order valence-electron chi connectivity index (χ4n) is 1.93. The number of methoxy groups -OCH3 is 1. The maximum atomic E-state index is 14.3. The molecule has 0 aliphatic carbocycles. The van der Waals surface area contributed by atoms with Gasteiger partial charge in [0.25, 0.3) is 0 Å². The molecule has 1 heterocycles. The third kappa shape index (κ3) is 2.25. The molecule has 0 amide bonds. The summed E-state index contributed by atoms with van der Waals surface area (Å²) in [4.78, 5) is 0. The number of aromatic nitrogens is 3. The molecule has 0 aliphatic heterocycles. The summed E-state index contributed by atoms with van der Waals surface area (Å²) in [5.74, 6) is 0.248. The molecule has 0 unspecified atom stereocenters. The summed E-state index contributed by atoms with van der Waals surface area (Å²) in [5.41, 5.74) is 2.02. The maximum absolute atomic E-state index is 14.3. The Morgan fingerprint density at radius 2 is 1.90 bits per heavy atom. The van der Waals surface area contributed by atoms with E-state index in [1.54, 1.807) is 43.5 Å². The molecule has 5 heteroatoms. The van der Waals surface area contributed by atoms with Gasteiger partial charge in [0.15, 0.2) is 0 Å². The molecule has 4 nitrogen and oxygen atoms in total. The molecule has 100 valence electrons. The first-order valence-corrected chi connectivity index (χ1v) is 6.10. The van der Waals surface area contributed by atoms with Crippen molar-refractivity contribution in [1.29, 1.82) is 0 Å². The van der Waals surface area contributed by atoms with Crippen LogP contribution in [0.1, 0.15) is 5.56 Å². The molecular weight excluding hydrogens is 257 g/mol. The molecule has 1 aromatic heterocycles. The first kappa shape index (κ1) is 12.3. The van der Waals surface area contributed by atoms with Crippen LogP contribution in [0.4, 0.5) is 4.39 Å². The lowest BCUT2D eigenvalue weighted by molar-refractivity contribution is 0.415. The van der Waals surface area contributed by atoms with Crippen LogP contribution in [0, 0.1) is 0 Å². The van der Waals surface area contributed by atoms with Crippen LogP contribution in [0.2, 0.25) is 0 Å². The minimum absolute atomic E-state index is 0.483. The van der Waals surface area contributed by atoms with Crippen LogP contribution < -0.4 is 4.74 Å². The van der Waals surface area contributed by atoms with Crippen molar-refractivity contribution in [3.63, 3.8) is 0 Å². The Hall–Kier alpha value is -2.69. The van der Waals surface area contributed by atoms with E-state index in [0.717, 1.165) is 11.3 Å². The van der Waals surface area contributed by atoms with Gasteiger partial charge >= 0.3 is 0 Å². The van der Waals surface area contributed by atoms with E-state index in [4.69, 9.17) is 4.74 Å². The van der Waals surface area contributed by atoms with Crippen LogP contribution in [0.25, 0.3) is 23.1 Å². The van der Waals surface area contributed by atoms with E-state index in [1.807, 2.05) is 12.1 Å². The number of hydrogen-bond donors (Lipinski definition) is 0. The van der Waals surface area contributed by atoms with Crippen molar-refractivity contribution in [1.82, 2.24) is 15.0 Å². The predicted molar refractivity (Wildman–Crippen MR) is 75.8 cm³/mol. The topological polar surface area (TPSA) is 39.9 Å². The highest BCUT2D eigenvalue weighted by Gasteiger charge is 2.07. The van der Waals surface area contributed by atoms with Gasteiger partial charge in [-0.05, 0) is 29.8 Å². The normalized spacial score (nSPS) is 11.8. The van der Waals surface area contributed by atoms with Gasteiger partial charge in [-0.2, -0.15) is 9.07 Å². The molecule has 20 heavy (non-hydrogen) atoms. The summed E-state index contributed by atoms with van der Waals surface area (Å²) in [7, 11) is 1.59. The van der Waals surface area contributed by atoms with Gasteiger partial charge in [0, 0.05) is 6.08 Å². The molecule has 3 rings (SSSR count). The van der Waals surface area contributed by atoms with Crippen molar-refractivity contribution in [3.05, 3.63) is 54.1 Å². The Bertz CT molecular complexity index is 762. The van der Waals surface area contributed by atoms with Gasteiger partial charge in [0.2, 0.25) is 5.95 Å². The van der Waals surface area contributed by atoms with E-state index in [-0.39, 0.29) is 0 Å². The number of rotatable bonds is 3. The van der Waals surface area contributed by atoms with Gasteiger partial charge in [0.05, 0.1) is 12.6 Å². The zero-order chi connectivity index (χ0) is 13.9. The first-order valence-electron chi connectivity index (χ1n) is 6.10. The Morgan fingerprint density at radius 3 is 2.65 bits per heavy atom. The minimum atomic E-state index is -0.483. The number of halogens is 1. The van der Waals surface area contributed by atoms with Gasteiger partial charge in [-0.3, -0.25) is 0 Å². The third-order valence-electron chi connectivity index (χ3n) is 2.96. The van der Waals surface area contributed by atoms with Gasteiger partial charge in [0.1, 0.15) is 11.3 Å². The smallest absolute Gasteiger partial charge is 0.216 e. The Morgan fingerprint density at radius 1 is 1.15 bits per heavy atom. The van der Waals surface area contributed by atoms with E-state index >= 15 is 0 Å². The van der Waals surface area contributed by atoms with Crippen molar-refractivity contribution < 1.29 is 9.13 Å². The summed E-state index contributed by atoms with van der Waals surface area (Å²) in [5, 5.41) is 7.74. The number of nitrogens with zero attached hydrogens (tertiary/aromatic N) is 3. The molecular formula is C15H12FN3O. The van der Waals surface area contributed by atoms with Crippen LogP contribution in [0.3, 0.4) is 0 Å². The third-order valence-corrected chi connectivity index (χ3v) is 2.96. The van der Waals surface area contributed by atoms with Crippen LogP contribution in [0.15, 0.2) is 48.5 Å². The highest BCUT2D eigenvalue weighted by molar-refractivity contribution is 5.79. The zero-order valence-electron chi connectivity index (χ0n) is 10.8. The van der Waals surface area contributed by atoms with Crippen molar-refractivity contribution in [2.75, 3.05) is 7.11 Å². The molecule has 0 bridgehead atoms. The summed E-state index contributed by atoms with van der Waals surface area (Å²) in [6.45, 7) is 0. The first-order chi connectivity index (χ1) is 9.78. The van der Waals surface area contributed by atoms with Crippen LogP contribution in [-0.4, -0.2) is 22.1 Å². The van der Waals surface area contributed by atoms with Gasteiger partial charge in [-0.1, -0.05) is 29.5 Å². The summed E-state index contributed by atoms with van der Waals surface area (Å²) < 4.78 is 20.5. The van der Waals surface area contributed by atoms with E-state index in [1.165, 1.54) is 10.8 Å². The maximum Gasteiger partial charge on any atom is 0.216 e. The van der Waals surface area contributed by atoms with Gasteiger partial charge in [-0.25, -0.2) is 0 Å². The van der Waals surface area contributed by atoms with Gasteiger partial charge in [-0.15, -0.1) is 5.10 Å². The van der Waals surface area contributed by atoms with Gasteiger partial charge < -0.3 is 4.74 Å². The molecule has 0 aliphatic rings. The molecule has 0 N–H and O–H groups in total. The van der Waals surface area contributed by atoms with Crippen LogP contribution >= 0.6 is 0 Å². The lowest BCUT2D eigenvalue weighted by Gasteiger charge is -2.01. The molecule has 0 radical (unpaired) electrons. The molecule has 0 spiro atoms.